The molecule has 0 aliphatic carbocycles. The van der Waals surface area contributed by atoms with Crippen molar-refractivity contribution in [2.24, 2.45) is 11.3 Å². The molecular formula is C19H26N2O3. The van der Waals surface area contributed by atoms with Crippen molar-refractivity contribution in [3.63, 3.8) is 0 Å². The van der Waals surface area contributed by atoms with Crippen LogP contribution in [-0.4, -0.2) is 30.3 Å². The maximum atomic E-state index is 11.9. The number of hydrogen-bond donors (Lipinski definition) is 2. The fraction of sp³-hybridized carbons (Fsp3) is 0.474. The van der Waals surface area contributed by atoms with Gasteiger partial charge in [-0.05, 0) is 29.7 Å². The van der Waals surface area contributed by atoms with Gasteiger partial charge in [-0.15, -0.1) is 0 Å². The number of nitriles is 1. The Bertz CT molecular complexity index is 598. The van der Waals surface area contributed by atoms with E-state index in [1.807, 2.05) is 45.9 Å². The highest BCUT2D eigenvalue weighted by Gasteiger charge is 2.30. The van der Waals surface area contributed by atoms with Crippen LogP contribution in [0.5, 0.6) is 5.75 Å². The topological polar surface area (TPSA) is 82.3 Å². The molecule has 0 heterocycles. The van der Waals surface area contributed by atoms with Gasteiger partial charge >= 0.3 is 0 Å². The summed E-state index contributed by atoms with van der Waals surface area (Å²) in [5.41, 5.74) is 0.466. The van der Waals surface area contributed by atoms with Crippen molar-refractivity contribution in [1.29, 1.82) is 5.26 Å². The van der Waals surface area contributed by atoms with Gasteiger partial charge in [0.1, 0.15) is 11.8 Å². The number of ether oxygens (including phenoxy) is 1. The number of benzene rings is 1. The number of aliphatic hydroxyl groups is 1. The first-order chi connectivity index (χ1) is 11.3. The van der Waals surface area contributed by atoms with Gasteiger partial charge in [0.2, 0.25) is 5.91 Å². The third kappa shape index (κ3) is 6.43. The maximum absolute atomic E-state index is 11.9. The molecule has 0 bridgehead atoms. The van der Waals surface area contributed by atoms with Crippen LogP contribution in [0.25, 0.3) is 6.08 Å². The molecule has 2 N–H and O–H groups in total. The zero-order valence-electron chi connectivity index (χ0n) is 14.7. The quantitative estimate of drug-likeness (QED) is 0.718. The number of nitrogens with one attached hydrogen (secondary N) is 1. The van der Waals surface area contributed by atoms with E-state index in [1.165, 1.54) is 6.08 Å². The van der Waals surface area contributed by atoms with Crippen LogP contribution in [0.4, 0.5) is 0 Å². The summed E-state index contributed by atoms with van der Waals surface area (Å²) in [4.78, 5) is 11.9. The summed E-state index contributed by atoms with van der Waals surface area (Å²) in [7, 11) is 0. The van der Waals surface area contributed by atoms with Gasteiger partial charge in [-0.2, -0.15) is 5.26 Å². The first-order valence-corrected chi connectivity index (χ1v) is 8.00. The van der Waals surface area contributed by atoms with Crippen LogP contribution in [0.15, 0.2) is 30.3 Å². The van der Waals surface area contributed by atoms with Crippen LogP contribution in [0, 0.1) is 22.7 Å². The second-order valence-corrected chi connectivity index (χ2v) is 6.74. The lowest BCUT2D eigenvalue weighted by molar-refractivity contribution is -0.117. The monoisotopic (exact) mass is 330 g/mol. The zero-order chi connectivity index (χ0) is 18.2. The zero-order valence-corrected chi connectivity index (χ0v) is 14.7. The summed E-state index contributed by atoms with van der Waals surface area (Å²) >= 11 is 0. The minimum Gasteiger partial charge on any atom is -0.479 e. The first-order valence-electron chi connectivity index (χ1n) is 8.00. The lowest BCUT2D eigenvalue weighted by Gasteiger charge is -2.33. The highest BCUT2D eigenvalue weighted by atomic mass is 16.5. The molecule has 0 aliphatic heterocycles. The van der Waals surface area contributed by atoms with Crippen molar-refractivity contribution in [2.75, 3.05) is 13.2 Å². The SMILES string of the molecule is CC(C)C(O)C(C)(C)CNC(=O)/C=C/c1ccc(OCC#N)cc1. The summed E-state index contributed by atoms with van der Waals surface area (Å²) in [6, 6.07) is 9.02. The Morgan fingerprint density at radius 1 is 1.38 bits per heavy atom. The fourth-order valence-corrected chi connectivity index (χ4v) is 2.34. The summed E-state index contributed by atoms with van der Waals surface area (Å²) in [5, 5.41) is 21.4. The van der Waals surface area contributed by atoms with Crippen molar-refractivity contribution >= 4 is 12.0 Å². The Labute approximate surface area is 143 Å². The summed E-state index contributed by atoms with van der Waals surface area (Å²) in [5.74, 6) is 0.542. The normalized spacial score (nSPS) is 12.9. The van der Waals surface area contributed by atoms with E-state index in [2.05, 4.69) is 5.32 Å². The van der Waals surface area contributed by atoms with Gasteiger partial charge in [-0.25, -0.2) is 0 Å². The Balaban J connectivity index is 2.53. The van der Waals surface area contributed by atoms with Crippen molar-refractivity contribution in [3.8, 4) is 11.8 Å². The second-order valence-electron chi connectivity index (χ2n) is 6.74. The number of rotatable bonds is 8. The average molecular weight is 330 g/mol. The molecule has 0 saturated carbocycles. The maximum Gasteiger partial charge on any atom is 0.244 e. The van der Waals surface area contributed by atoms with Gasteiger partial charge < -0.3 is 15.2 Å². The minimum absolute atomic E-state index is 0.00953. The van der Waals surface area contributed by atoms with Gasteiger partial charge in [0.25, 0.3) is 0 Å². The van der Waals surface area contributed by atoms with Gasteiger partial charge in [-0.1, -0.05) is 39.8 Å². The predicted molar refractivity (Wildman–Crippen MR) is 94.2 cm³/mol. The van der Waals surface area contributed by atoms with Crippen molar-refractivity contribution < 1.29 is 14.6 Å². The van der Waals surface area contributed by atoms with Crippen LogP contribution in [0.1, 0.15) is 33.3 Å². The van der Waals surface area contributed by atoms with E-state index >= 15 is 0 Å². The van der Waals surface area contributed by atoms with Crippen molar-refractivity contribution in [2.45, 2.75) is 33.8 Å². The van der Waals surface area contributed by atoms with Crippen LogP contribution >= 0.6 is 0 Å². The first kappa shape index (κ1) is 19.7. The van der Waals surface area contributed by atoms with Crippen LogP contribution < -0.4 is 10.1 Å². The standard InChI is InChI=1S/C19H26N2O3/c1-14(2)18(23)19(3,4)13-21-17(22)10-7-15-5-8-16(9-6-15)24-12-11-20/h5-10,14,18,23H,12-13H2,1-4H3,(H,21,22)/b10-7+. The minimum atomic E-state index is -0.484. The molecule has 0 radical (unpaired) electrons. The molecule has 1 unspecified atom stereocenters. The summed E-state index contributed by atoms with van der Waals surface area (Å²) in [6.07, 6.45) is 2.68. The lowest BCUT2D eigenvalue weighted by atomic mass is 9.81. The molecule has 130 valence electrons. The number of amides is 1. The number of carbonyl (C=O) groups excluding carboxylic acids is 1. The Morgan fingerprint density at radius 3 is 2.54 bits per heavy atom. The average Bonchev–Trinajstić information content (AvgIpc) is 2.56. The van der Waals surface area contributed by atoms with Gasteiger partial charge in [0, 0.05) is 18.0 Å². The highest BCUT2D eigenvalue weighted by molar-refractivity contribution is 5.91. The predicted octanol–water partition coefficient (Wildman–Crippen LogP) is 2.76. The molecule has 1 aromatic carbocycles. The molecular weight excluding hydrogens is 304 g/mol. The van der Waals surface area contributed by atoms with Crippen molar-refractivity contribution in [3.05, 3.63) is 35.9 Å². The molecule has 0 saturated heterocycles. The molecule has 0 spiro atoms. The highest BCUT2D eigenvalue weighted by Crippen LogP contribution is 2.25. The Kier molecular flexibility index (Phi) is 7.47. The third-order valence-corrected chi connectivity index (χ3v) is 3.76. The molecule has 1 atom stereocenters. The number of carbonyl (C=O) groups is 1. The Hall–Kier alpha value is -2.32. The smallest absolute Gasteiger partial charge is 0.244 e. The Morgan fingerprint density at radius 2 is 2.00 bits per heavy atom. The second kappa shape index (κ2) is 9.09. The molecule has 0 fully saturated rings. The summed E-state index contributed by atoms with van der Waals surface area (Å²) < 4.78 is 5.17. The van der Waals surface area contributed by atoms with E-state index in [1.54, 1.807) is 18.2 Å². The molecule has 1 amide bonds. The fourth-order valence-electron chi connectivity index (χ4n) is 2.34. The number of nitrogens with zero attached hydrogens (tertiary/aromatic N) is 1. The van der Waals surface area contributed by atoms with E-state index in [-0.39, 0.29) is 18.4 Å². The van der Waals surface area contributed by atoms with E-state index in [9.17, 15) is 9.90 Å². The molecule has 24 heavy (non-hydrogen) atoms. The molecule has 0 aliphatic rings. The van der Waals surface area contributed by atoms with E-state index < -0.39 is 11.5 Å². The molecule has 0 aromatic heterocycles. The third-order valence-electron chi connectivity index (χ3n) is 3.76. The summed E-state index contributed by atoms with van der Waals surface area (Å²) in [6.45, 7) is 8.19. The van der Waals surface area contributed by atoms with E-state index in [0.29, 0.717) is 12.3 Å². The van der Waals surface area contributed by atoms with Crippen LogP contribution in [0.2, 0.25) is 0 Å². The molecule has 5 heteroatoms. The molecule has 5 nitrogen and oxygen atoms in total. The van der Waals surface area contributed by atoms with E-state index in [4.69, 9.17) is 10.00 Å². The van der Waals surface area contributed by atoms with Gasteiger partial charge in [-0.3, -0.25) is 4.79 Å². The van der Waals surface area contributed by atoms with Crippen molar-refractivity contribution in [1.82, 2.24) is 5.32 Å². The van der Waals surface area contributed by atoms with E-state index in [0.717, 1.165) is 5.56 Å². The molecule has 1 aromatic rings. The lowest BCUT2D eigenvalue weighted by Crippen LogP contribution is -2.43. The van der Waals surface area contributed by atoms with Crippen LogP contribution in [0.3, 0.4) is 0 Å². The van der Waals surface area contributed by atoms with Gasteiger partial charge in [0.05, 0.1) is 6.10 Å². The van der Waals surface area contributed by atoms with Gasteiger partial charge in [0.15, 0.2) is 6.61 Å². The van der Waals surface area contributed by atoms with Crippen LogP contribution in [-0.2, 0) is 4.79 Å². The number of hydrogen-bond acceptors (Lipinski definition) is 4. The number of aliphatic hydroxyl groups excluding tert-OH is 1. The molecule has 1 rings (SSSR count). The largest absolute Gasteiger partial charge is 0.479 e.